The fourth-order valence-corrected chi connectivity index (χ4v) is 3.92. The predicted octanol–water partition coefficient (Wildman–Crippen LogP) is 4.93. The molecule has 11 heteroatoms. The second-order valence-corrected chi connectivity index (χ2v) is 8.31. The van der Waals surface area contributed by atoms with Crippen molar-refractivity contribution in [1.29, 1.82) is 0 Å². The quantitative estimate of drug-likeness (QED) is 0.308. The normalized spacial score (nSPS) is 10.6. The summed E-state index contributed by atoms with van der Waals surface area (Å²) in [6.07, 6.45) is 0. The van der Waals surface area contributed by atoms with Crippen molar-refractivity contribution in [2.75, 3.05) is 30.3 Å². The van der Waals surface area contributed by atoms with Gasteiger partial charge in [0.15, 0.2) is 0 Å². The van der Waals surface area contributed by atoms with Crippen LogP contribution in [0.2, 0.25) is 10.0 Å². The van der Waals surface area contributed by atoms with Gasteiger partial charge in [0.25, 0.3) is 5.91 Å². The predicted molar refractivity (Wildman–Crippen MR) is 139 cm³/mol. The lowest BCUT2D eigenvalue weighted by atomic mass is 10.2. The maximum Gasteiger partial charge on any atom is 0.328 e. The first kappa shape index (κ1) is 24.9. The number of hydrogen-bond acceptors (Lipinski definition) is 5. The molecule has 0 fully saturated rings. The van der Waals surface area contributed by atoms with E-state index in [2.05, 4.69) is 16.1 Å². The highest BCUT2D eigenvalue weighted by atomic mass is 35.5. The first-order chi connectivity index (χ1) is 17.3. The number of nitrogens with one attached hydrogen (secondary N) is 3. The van der Waals surface area contributed by atoms with Gasteiger partial charge in [-0.3, -0.25) is 19.8 Å². The van der Waals surface area contributed by atoms with E-state index in [0.717, 1.165) is 0 Å². The molecule has 0 aliphatic rings. The molecular weight excluding hydrogens is 507 g/mol. The first-order valence-electron chi connectivity index (χ1n) is 10.5. The lowest BCUT2D eigenvalue weighted by molar-refractivity contribution is -0.133. The SMILES string of the molecule is COc1ccc(NC(=O)C(=O)Nn2c(C(=O)Nc3ccc(Cl)cc3Cl)cc3cccc(OC)c32)cc1. The Labute approximate surface area is 215 Å². The van der Waals surface area contributed by atoms with Crippen LogP contribution < -0.4 is 25.5 Å². The molecule has 1 heterocycles. The second-order valence-electron chi connectivity index (χ2n) is 7.46. The Morgan fingerprint density at radius 3 is 2.25 bits per heavy atom. The average Bonchev–Trinajstić information content (AvgIpc) is 3.24. The second kappa shape index (κ2) is 10.6. The van der Waals surface area contributed by atoms with Crippen LogP contribution in [0.25, 0.3) is 10.9 Å². The van der Waals surface area contributed by atoms with Crippen molar-refractivity contribution in [2.24, 2.45) is 0 Å². The smallest absolute Gasteiger partial charge is 0.328 e. The van der Waals surface area contributed by atoms with Gasteiger partial charge in [-0.25, -0.2) is 4.68 Å². The number of anilines is 2. The molecule has 0 atom stereocenters. The molecule has 0 unspecified atom stereocenters. The number of methoxy groups -OCH3 is 2. The van der Waals surface area contributed by atoms with Gasteiger partial charge in [-0.1, -0.05) is 35.3 Å². The number of para-hydroxylation sites is 1. The van der Waals surface area contributed by atoms with Gasteiger partial charge >= 0.3 is 11.8 Å². The van der Waals surface area contributed by atoms with E-state index in [0.29, 0.717) is 38.8 Å². The summed E-state index contributed by atoms with van der Waals surface area (Å²) in [6.45, 7) is 0. The minimum Gasteiger partial charge on any atom is -0.497 e. The molecule has 1 aromatic heterocycles. The van der Waals surface area contributed by atoms with Gasteiger partial charge < -0.3 is 20.1 Å². The molecule has 0 spiro atoms. The Kier molecular flexibility index (Phi) is 7.33. The molecule has 4 aromatic rings. The van der Waals surface area contributed by atoms with Crippen molar-refractivity contribution >= 4 is 63.2 Å². The Morgan fingerprint density at radius 2 is 1.58 bits per heavy atom. The van der Waals surface area contributed by atoms with Crippen LogP contribution in [0.5, 0.6) is 11.5 Å². The van der Waals surface area contributed by atoms with Crippen molar-refractivity contribution in [3.8, 4) is 11.5 Å². The van der Waals surface area contributed by atoms with Crippen LogP contribution in [0, 0.1) is 0 Å². The summed E-state index contributed by atoms with van der Waals surface area (Å²) in [7, 11) is 2.98. The third-order valence-corrected chi connectivity index (χ3v) is 5.73. The number of aromatic nitrogens is 1. The van der Waals surface area contributed by atoms with Crippen molar-refractivity contribution < 1.29 is 23.9 Å². The van der Waals surface area contributed by atoms with E-state index in [1.165, 1.54) is 25.0 Å². The summed E-state index contributed by atoms with van der Waals surface area (Å²) in [6, 6.07) is 17.8. The lowest BCUT2D eigenvalue weighted by Crippen LogP contribution is -2.36. The molecule has 3 aromatic carbocycles. The van der Waals surface area contributed by atoms with Crippen LogP contribution in [-0.2, 0) is 9.59 Å². The van der Waals surface area contributed by atoms with E-state index in [1.807, 2.05) is 0 Å². The van der Waals surface area contributed by atoms with E-state index in [4.69, 9.17) is 32.7 Å². The molecule has 0 aliphatic carbocycles. The molecule has 3 N–H and O–H groups in total. The molecule has 4 rings (SSSR count). The summed E-state index contributed by atoms with van der Waals surface area (Å²) >= 11 is 12.1. The molecule has 0 bridgehead atoms. The van der Waals surface area contributed by atoms with Crippen molar-refractivity contribution in [3.63, 3.8) is 0 Å². The fourth-order valence-electron chi connectivity index (χ4n) is 3.47. The molecule has 3 amide bonds. The number of nitrogens with zero attached hydrogens (tertiary/aromatic N) is 1. The van der Waals surface area contributed by atoms with Gasteiger partial charge in [-0.05, 0) is 54.6 Å². The third-order valence-electron chi connectivity index (χ3n) is 5.19. The summed E-state index contributed by atoms with van der Waals surface area (Å²) < 4.78 is 11.7. The van der Waals surface area contributed by atoms with Gasteiger partial charge in [0.05, 0.1) is 24.9 Å². The number of halogens is 2. The fraction of sp³-hybridized carbons (Fsp3) is 0.0800. The first-order valence-corrected chi connectivity index (χ1v) is 11.3. The topological polar surface area (TPSA) is 111 Å². The number of amides is 3. The van der Waals surface area contributed by atoms with Crippen LogP contribution in [0.3, 0.4) is 0 Å². The Hall–Kier alpha value is -4.21. The van der Waals surface area contributed by atoms with Gasteiger partial charge in [0.2, 0.25) is 0 Å². The Bertz CT molecular complexity index is 1470. The highest BCUT2D eigenvalue weighted by molar-refractivity contribution is 6.42. The maximum atomic E-state index is 13.2. The van der Waals surface area contributed by atoms with Gasteiger partial charge in [0.1, 0.15) is 22.7 Å². The highest BCUT2D eigenvalue weighted by Crippen LogP contribution is 2.30. The number of fused-ring (bicyclic) bond motifs is 1. The zero-order chi connectivity index (χ0) is 25.8. The van der Waals surface area contributed by atoms with Gasteiger partial charge in [0, 0.05) is 16.1 Å². The molecule has 9 nitrogen and oxygen atoms in total. The largest absolute Gasteiger partial charge is 0.497 e. The monoisotopic (exact) mass is 526 g/mol. The van der Waals surface area contributed by atoms with Crippen LogP contribution >= 0.6 is 23.2 Å². The summed E-state index contributed by atoms with van der Waals surface area (Å²) in [5, 5.41) is 6.43. The Balaban J connectivity index is 1.65. The number of rotatable bonds is 6. The average molecular weight is 527 g/mol. The molecule has 0 radical (unpaired) electrons. The van der Waals surface area contributed by atoms with Crippen molar-refractivity contribution in [1.82, 2.24) is 4.68 Å². The number of ether oxygens (including phenoxy) is 2. The highest BCUT2D eigenvalue weighted by Gasteiger charge is 2.23. The zero-order valence-electron chi connectivity index (χ0n) is 19.1. The summed E-state index contributed by atoms with van der Waals surface area (Å²) in [5.41, 5.74) is 3.62. The van der Waals surface area contributed by atoms with E-state index in [1.54, 1.807) is 60.7 Å². The van der Waals surface area contributed by atoms with E-state index in [9.17, 15) is 14.4 Å². The molecule has 184 valence electrons. The van der Waals surface area contributed by atoms with Crippen LogP contribution in [0.15, 0.2) is 66.7 Å². The number of hydrogen-bond donors (Lipinski definition) is 3. The van der Waals surface area contributed by atoms with Crippen LogP contribution in [-0.4, -0.2) is 36.6 Å². The van der Waals surface area contributed by atoms with E-state index in [-0.39, 0.29) is 10.7 Å². The number of benzene rings is 3. The summed E-state index contributed by atoms with van der Waals surface area (Å²) in [5.74, 6) is -1.56. The van der Waals surface area contributed by atoms with Gasteiger partial charge in [-0.2, -0.15) is 0 Å². The van der Waals surface area contributed by atoms with Gasteiger partial charge in [-0.15, -0.1) is 0 Å². The molecular formula is C25H20Cl2N4O5. The van der Waals surface area contributed by atoms with Crippen molar-refractivity contribution in [2.45, 2.75) is 0 Å². The minimum absolute atomic E-state index is 0.0334. The number of carbonyl (C=O) groups is 3. The third kappa shape index (κ3) is 5.22. The standard InChI is InChI=1S/C25H20Cl2N4O5/c1-35-17-9-7-16(8-10-17)28-24(33)25(34)30-31-20(12-14-4-3-5-21(36-2)22(14)31)23(32)29-19-11-6-15(26)13-18(19)27/h3-13H,1-2H3,(H,28,33)(H,29,32)(H,30,34). The van der Waals surface area contributed by atoms with Crippen molar-refractivity contribution in [3.05, 3.63) is 82.5 Å². The molecule has 36 heavy (non-hydrogen) atoms. The Morgan fingerprint density at radius 1 is 0.833 bits per heavy atom. The van der Waals surface area contributed by atoms with Crippen LogP contribution in [0.4, 0.5) is 11.4 Å². The lowest BCUT2D eigenvalue weighted by Gasteiger charge is -2.14. The molecule has 0 saturated heterocycles. The molecule has 0 aliphatic heterocycles. The summed E-state index contributed by atoms with van der Waals surface area (Å²) in [4.78, 5) is 38.6. The number of carbonyl (C=O) groups excluding carboxylic acids is 3. The maximum absolute atomic E-state index is 13.2. The zero-order valence-corrected chi connectivity index (χ0v) is 20.6. The molecule has 0 saturated carbocycles. The van der Waals surface area contributed by atoms with Crippen LogP contribution in [0.1, 0.15) is 10.5 Å². The van der Waals surface area contributed by atoms with E-state index >= 15 is 0 Å². The minimum atomic E-state index is -1.01. The van der Waals surface area contributed by atoms with E-state index < -0.39 is 17.7 Å².